The first-order valence-corrected chi connectivity index (χ1v) is 6.95. The van der Waals surface area contributed by atoms with Crippen molar-refractivity contribution in [1.82, 2.24) is 4.57 Å². The molecule has 3 rings (SSSR count). The second-order valence-electron chi connectivity index (χ2n) is 4.57. The second kappa shape index (κ2) is 5.21. The Balaban J connectivity index is 2.10. The standard InChI is InChI=1S/C15H10BrNO4/c16-11-4-1-9(2-5-11)8-17-12-7-10(14(18)19)3-6-13(12)21-15(17)20/h1-7H,8H2,(H,18,19). The summed E-state index contributed by atoms with van der Waals surface area (Å²) >= 11 is 3.35. The second-order valence-corrected chi connectivity index (χ2v) is 5.48. The van der Waals surface area contributed by atoms with Crippen molar-refractivity contribution in [2.75, 3.05) is 0 Å². The molecule has 1 N–H and O–H groups in total. The van der Waals surface area contributed by atoms with E-state index in [9.17, 15) is 9.59 Å². The fourth-order valence-corrected chi connectivity index (χ4v) is 2.38. The lowest BCUT2D eigenvalue weighted by Gasteiger charge is -2.03. The fourth-order valence-electron chi connectivity index (χ4n) is 2.12. The molecule has 6 heteroatoms. The molecule has 0 fully saturated rings. The highest BCUT2D eigenvalue weighted by molar-refractivity contribution is 9.10. The third-order valence-electron chi connectivity index (χ3n) is 3.17. The molecule has 2 aromatic carbocycles. The topological polar surface area (TPSA) is 72.4 Å². The fraction of sp³-hybridized carbons (Fsp3) is 0.0667. The Kier molecular flexibility index (Phi) is 3.39. The molecule has 0 spiro atoms. The number of hydrogen-bond acceptors (Lipinski definition) is 3. The minimum Gasteiger partial charge on any atom is -0.478 e. The Morgan fingerprint density at radius 1 is 1.19 bits per heavy atom. The molecule has 0 radical (unpaired) electrons. The summed E-state index contributed by atoms with van der Waals surface area (Å²) in [5.41, 5.74) is 1.89. The van der Waals surface area contributed by atoms with Crippen LogP contribution in [0.2, 0.25) is 0 Å². The Morgan fingerprint density at radius 2 is 1.90 bits per heavy atom. The lowest BCUT2D eigenvalue weighted by molar-refractivity contribution is 0.0697. The Labute approximate surface area is 127 Å². The van der Waals surface area contributed by atoms with Crippen molar-refractivity contribution in [2.24, 2.45) is 0 Å². The molecule has 0 amide bonds. The summed E-state index contributed by atoms with van der Waals surface area (Å²) in [6.07, 6.45) is 0. The number of rotatable bonds is 3. The molecule has 1 aromatic heterocycles. The monoisotopic (exact) mass is 347 g/mol. The first-order valence-electron chi connectivity index (χ1n) is 6.16. The SMILES string of the molecule is O=C(O)c1ccc2oc(=O)n(Cc3ccc(Br)cc3)c2c1. The van der Waals surface area contributed by atoms with Crippen LogP contribution < -0.4 is 5.76 Å². The molecule has 0 atom stereocenters. The number of oxazole rings is 1. The minimum atomic E-state index is -1.04. The molecule has 0 bridgehead atoms. The van der Waals surface area contributed by atoms with E-state index in [2.05, 4.69) is 15.9 Å². The van der Waals surface area contributed by atoms with E-state index in [1.807, 2.05) is 24.3 Å². The van der Waals surface area contributed by atoms with Crippen LogP contribution in [0.5, 0.6) is 0 Å². The number of hydrogen-bond donors (Lipinski definition) is 1. The van der Waals surface area contributed by atoms with Gasteiger partial charge in [0.15, 0.2) is 5.58 Å². The quantitative estimate of drug-likeness (QED) is 0.790. The number of aromatic nitrogens is 1. The largest absolute Gasteiger partial charge is 0.478 e. The van der Waals surface area contributed by atoms with Crippen LogP contribution in [-0.4, -0.2) is 15.6 Å². The smallest absolute Gasteiger partial charge is 0.420 e. The van der Waals surface area contributed by atoms with E-state index in [0.717, 1.165) is 10.0 Å². The van der Waals surface area contributed by atoms with Crippen molar-refractivity contribution >= 4 is 33.0 Å². The van der Waals surface area contributed by atoms with Gasteiger partial charge in [-0.2, -0.15) is 0 Å². The van der Waals surface area contributed by atoms with Crippen LogP contribution in [0.4, 0.5) is 0 Å². The molecule has 0 saturated carbocycles. The summed E-state index contributed by atoms with van der Waals surface area (Å²) in [5, 5.41) is 9.04. The zero-order chi connectivity index (χ0) is 15.0. The minimum absolute atomic E-state index is 0.118. The molecule has 1 heterocycles. The van der Waals surface area contributed by atoms with Gasteiger partial charge in [-0.15, -0.1) is 0 Å². The number of carbonyl (C=O) groups is 1. The van der Waals surface area contributed by atoms with Gasteiger partial charge in [-0.05, 0) is 35.9 Å². The molecule has 106 valence electrons. The van der Waals surface area contributed by atoms with Gasteiger partial charge in [-0.3, -0.25) is 4.57 Å². The highest BCUT2D eigenvalue weighted by Crippen LogP contribution is 2.17. The molecule has 21 heavy (non-hydrogen) atoms. The van der Waals surface area contributed by atoms with Gasteiger partial charge < -0.3 is 9.52 Å². The van der Waals surface area contributed by atoms with Crippen LogP contribution >= 0.6 is 15.9 Å². The third kappa shape index (κ3) is 2.62. The van der Waals surface area contributed by atoms with E-state index >= 15 is 0 Å². The van der Waals surface area contributed by atoms with Gasteiger partial charge in [0.2, 0.25) is 0 Å². The number of carboxylic acid groups (broad SMARTS) is 1. The van der Waals surface area contributed by atoms with Crippen molar-refractivity contribution in [3.05, 3.63) is 68.6 Å². The van der Waals surface area contributed by atoms with Gasteiger partial charge >= 0.3 is 11.7 Å². The predicted molar refractivity (Wildman–Crippen MR) is 80.7 cm³/mol. The average molecular weight is 348 g/mol. The van der Waals surface area contributed by atoms with E-state index in [1.165, 1.54) is 22.8 Å². The van der Waals surface area contributed by atoms with Crippen molar-refractivity contribution in [2.45, 2.75) is 6.54 Å². The average Bonchev–Trinajstić information content (AvgIpc) is 2.77. The molecule has 3 aromatic rings. The lowest BCUT2D eigenvalue weighted by atomic mass is 10.2. The molecule has 0 unspecified atom stereocenters. The van der Waals surface area contributed by atoms with Gasteiger partial charge in [0.1, 0.15) is 0 Å². The normalized spacial score (nSPS) is 10.9. The summed E-state index contributed by atoms with van der Waals surface area (Å²) < 4.78 is 7.50. The lowest BCUT2D eigenvalue weighted by Crippen LogP contribution is -2.15. The van der Waals surface area contributed by atoms with Crippen LogP contribution in [0.25, 0.3) is 11.1 Å². The number of aromatic carboxylic acids is 1. The number of nitrogens with zero attached hydrogens (tertiary/aromatic N) is 1. The van der Waals surface area contributed by atoms with E-state index in [-0.39, 0.29) is 5.56 Å². The van der Waals surface area contributed by atoms with E-state index in [0.29, 0.717) is 17.6 Å². The third-order valence-corrected chi connectivity index (χ3v) is 3.70. The van der Waals surface area contributed by atoms with Gasteiger partial charge in [-0.25, -0.2) is 9.59 Å². The summed E-state index contributed by atoms with van der Waals surface area (Å²) in [6.45, 7) is 0.322. The summed E-state index contributed by atoms with van der Waals surface area (Å²) in [5.74, 6) is -1.55. The van der Waals surface area contributed by atoms with E-state index in [4.69, 9.17) is 9.52 Å². The molecule has 0 aliphatic carbocycles. The molecular formula is C15H10BrNO4. The summed E-state index contributed by atoms with van der Waals surface area (Å²) in [7, 11) is 0. The first-order chi connectivity index (χ1) is 10.0. The van der Waals surface area contributed by atoms with Crippen molar-refractivity contribution in [3.63, 3.8) is 0 Å². The Morgan fingerprint density at radius 3 is 2.57 bits per heavy atom. The molecule has 0 aliphatic rings. The maximum atomic E-state index is 11.9. The summed E-state index contributed by atoms with van der Waals surface area (Å²) in [6, 6.07) is 11.9. The zero-order valence-electron chi connectivity index (χ0n) is 10.7. The first kappa shape index (κ1) is 13.6. The Hall–Kier alpha value is -2.34. The van der Waals surface area contributed by atoms with Crippen LogP contribution in [0.3, 0.4) is 0 Å². The predicted octanol–water partition coefficient (Wildman–Crippen LogP) is 3.10. The molecular weight excluding hydrogens is 338 g/mol. The zero-order valence-corrected chi connectivity index (χ0v) is 12.3. The van der Waals surface area contributed by atoms with Gasteiger partial charge in [0.25, 0.3) is 0 Å². The van der Waals surface area contributed by atoms with Crippen LogP contribution in [-0.2, 0) is 6.54 Å². The van der Waals surface area contributed by atoms with Gasteiger partial charge in [0, 0.05) is 4.47 Å². The highest BCUT2D eigenvalue weighted by atomic mass is 79.9. The van der Waals surface area contributed by atoms with Gasteiger partial charge in [-0.1, -0.05) is 28.1 Å². The molecule has 0 aliphatic heterocycles. The number of carboxylic acids is 1. The maximum Gasteiger partial charge on any atom is 0.420 e. The molecule has 5 nitrogen and oxygen atoms in total. The van der Waals surface area contributed by atoms with E-state index in [1.54, 1.807) is 0 Å². The van der Waals surface area contributed by atoms with Crippen molar-refractivity contribution < 1.29 is 14.3 Å². The van der Waals surface area contributed by atoms with Crippen molar-refractivity contribution in [1.29, 1.82) is 0 Å². The number of benzene rings is 2. The van der Waals surface area contributed by atoms with Crippen LogP contribution in [0, 0.1) is 0 Å². The summed E-state index contributed by atoms with van der Waals surface area (Å²) in [4.78, 5) is 23.0. The van der Waals surface area contributed by atoms with Crippen LogP contribution in [0.1, 0.15) is 15.9 Å². The number of fused-ring (bicyclic) bond motifs is 1. The molecule has 0 saturated heterocycles. The van der Waals surface area contributed by atoms with Crippen LogP contribution in [0.15, 0.2) is 56.1 Å². The maximum absolute atomic E-state index is 11.9. The Bertz CT molecular complexity index is 877. The van der Waals surface area contributed by atoms with E-state index < -0.39 is 11.7 Å². The van der Waals surface area contributed by atoms with Gasteiger partial charge in [0.05, 0.1) is 17.6 Å². The number of halogens is 1. The van der Waals surface area contributed by atoms with Crippen molar-refractivity contribution in [3.8, 4) is 0 Å². The highest BCUT2D eigenvalue weighted by Gasteiger charge is 2.12.